The molecule has 1 rings (SSSR count). The summed E-state index contributed by atoms with van der Waals surface area (Å²) >= 11 is 0. The maximum absolute atomic E-state index is 12.0. The standard InChI is InChI=1S/C14H26O2/c1-4-16-14(13(15)9-11(2)3)10-12-7-5-6-8-12/h11-12,14H,4-10H2,1-3H3. The van der Waals surface area contributed by atoms with Crippen LogP contribution in [0.1, 0.15) is 59.3 Å². The molecule has 0 aromatic rings. The molecule has 0 aromatic heterocycles. The van der Waals surface area contributed by atoms with Crippen molar-refractivity contribution in [1.82, 2.24) is 0 Å². The molecule has 0 aromatic carbocycles. The fraction of sp³-hybridized carbons (Fsp3) is 0.929. The maximum atomic E-state index is 12.0. The highest BCUT2D eigenvalue weighted by Crippen LogP contribution is 2.30. The topological polar surface area (TPSA) is 26.3 Å². The SMILES string of the molecule is CCOC(CC1CCCC1)C(=O)CC(C)C. The van der Waals surface area contributed by atoms with Crippen LogP contribution in [0.25, 0.3) is 0 Å². The number of carbonyl (C=O) groups is 1. The third-order valence-electron chi connectivity index (χ3n) is 3.36. The van der Waals surface area contributed by atoms with E-state index in [4.69, 9.17) is 4.74 Å². The molecule has 2 heteroatoms. The quantitative estimate of drug-likeness (QED) is 0.663. The molecule has 0 aliphatic heterocycles. The maximum Gasteiger partial charge on any atom is 0.161 e. The van der Waals surface area contributed by atoms with Gasteiger partial charge < -0.3 is 4.74 Å². The van der Waals surface area contributed by atoms with Gasteiger partial charge in [-0.1, -0.05) is 39.5 Å². The van der Waals surface area contributed by atoms with Gasteiger partial charge in [0.2, 0.25) is 0 Å². The Morgan fingerprint density at radius 2 is 1.94 bits per heavy atom. The largest absolute Gasteiger partial charge is 0.371 e. The van der Waals surface area contributed by atoms with E-state index in [1.807, 2.05) is 6.92 Å². The zero-order valence-electron chi connectivity index (χ0n) is 11.0. The lowest BCUT2D eigenvalue weighted by atomic mass is 9.94. The molecule has 1 unspecified atom stereocenters. The molecular weight excluding hydrogens is 200 g/mol. The van der Waals surface area contributed by atoms with E-state index >= 15 is 0 Å². The fourth-order valence-corrected chi connectivity index (χ4v) is 2.58. The summed E-state index contributed by atoms with van der Waals surface area (Å²) in [5, 5.41) is 0. The molecule has 0 heterocycles. The summed E-state index contributed by atoms with van der Waals surface area (Å²) in [6, 6.07) is 0. The van der Waals surface area contributed by atoms with E-state index in [0.717, 1.165) is 12.3 Å². The normalized spacial score (nSPS) is 19.2. The zero-order chi connectivity index (χ0) is 12.0. The van der Waals surface area contributed by atoms with Crippen molar-refractivity contribution in [1.29, 1.82) is 0 Å². The molecule has 1 saturated carbocycles. The summed E-state index contributed by atoms with van der Waals surface area (Å²) in [6.07, 6.45) is 6.74. The molecule has 0 saturated heterocycles. The molecule has 1 aliphatic carbocycles. The number of ketones is 1. The first-order chi connectivity index (χ1) is 7.63. The summed E-state index contributed by atoms with van der Waals surface area (Å²) < 4.78 is 5.62. The van der Waals surface area contributed by atoms with E-state index in [-0.39, 0.29) is 6.10 Å². The summed E-state index contributed by atoms with van der Waals surface area (Å²) in [5.74, 6) is 1.48. The number of hydrogen-bond donors (Lipinski definition) is 0. The van der Waals surface area contributed by atoms with Crippen molar-refractivity contribution in [3.63, 3.8) is 0 Å². The molecule has 0 spiro atoms. The highest BCUT2D eigenvalue weighted by molar-refractivity contribution is 5.83. The van der Waals surface area contributed by atoms with Crippen molar-refractivity contribution < 1.29 is 9.53 Å². The third kappa shape index (κ3) is 4.65. The zero-order valence-corrected chi connectivity index (χ0v) is 11.0. The molecular formula is C14H26O2. The van der Waals surface area contributed by atoms with Gasteiger partial charge in [0.05, 0.1) is 0 Å². The van der Waals surface area contributed by atoms with Crippen LogP contribution < -0.4 is 0 Å². The van der Waals surface area contributed by atoms with Gasteiger partial charge in [-0.25, -0.2) is 0 Å². The second-order valence-corrected chi connectivity index (χ2v) is 5.39. The molecule has 0 radical (unpaired) electrons. The summed E-state index contributed by atoms with van der Waals surface area (Å²) in [7, 11) is 0. The molecule has 0 amide bonds. The first kappa shape index (κ1) is 13.7. The van der Waals surface area contributed by atoms with Gasteiger partial charge >= 0.3 is 0 Å². The predicted molar refractivity (Wildman–Crippen MR) is 66.5 cm³/mol. The molecule has 0 bridgehead atoms. The first-order valence-electron chi connectivity index (χ1n) is 6.77. The van der Waals surface area contributed by atoms with Crippen molar-refractivity contribution in [2.24, 2.45) is 11.8 Å². The fourth-order valence-electron chi connectivity index (χ4n) is 2.58. The Bertz CT molecular complexity index is 205. The highest BCUT2D eigenvalue weighted by atomic mass is 16.5. The number of hydrogen-bond acceptors (Lipinski definition) is 2. The van der Waals surface area contributed by atoms with Crippen LogP contribution in [0, 0.1) is 11.8 Å². The van der Waals surface area contributed by atoms with Crippen molar-refractivity contribution in [3.8, 4) is 0 Å². The van der Waals surface area contributed by atoms with Crippen LogP contribution in [0.4, 0.5) is 0 Å². The second-order valence-electron chi connectivity index (χ2n) is 5.39. The minimum atomic E-state index is -0.129. The lowest BCUT2D eigenvalue weighted by Gasteiger charge is -2.20. The Morgan fingerprint density at radius 3 is 2.44 bits per heavy atom. The molecule has 94 valence electrons. The minimum Gasteiger partial charge on any atom is -0.371 e. The van der Waals surface area contributed by atoms with Gasteiger partial charge in [-0.3, -0.25) is 4.79 Å². The summed E-state index contributed by atoms with van der Waals surface area (Å²) in [4.78, 5) is 12.0. The van der Waals surface area contributed by atoms with Gasteiger partial charge in [0.25, 0.3) is 0 Å². The van der Waals surface area contributed by atoms with Crippen LogP contribution in [0.15, 0.2) is 0 Å². The number of ether oxygens (including phenoxy) is 1. The number of Topliss-reactive ketones (excluding diaryl/α,β-unsaturated/α-hetero) is 1. The number of rotatable bonds is 7. The molecule has 0 N–H and O–H groups in total. The van der Waals surface area contributed by atoms with Crippen LogP contribution in [0.5, 0.6) is 0 Å². The lowest BCUT2D eigenvalue weighted by Crippen LogP contribution is -2.27. The third-order valence-corrected chi connectivity index (χ3v) is 3.36. The van der Waals surface area contributed by atoms with Crippen molar-refractivity contribution >= 4 is 5.78 Å². The molecule has 2 nitrogen and oxygen atoms in total. The van der Waals surface area contributed by atoms with Crippen molar-refractivity contribution in [3.05, 3.63) is 0 Å². The van der Waals surface area contributed by atoms with Gasteiger partial charge in [0.1, 0.15) is 6.10 Å². The lowest BCUT2D eigenvalue weighted by molar-refractivity contribution is -0.132. The van der Waals surface area contributed by atoms with Gasteiger partial charge in [0, 0.05) is 13.0 Å². The van der Waals surface area contributed by atoms with Gasteiger partial charge in [-0.15, -0.1) is 0 Å². The van der Waals surface area contributed by atoms with Crippen LogP contribution in [0.2, 0.25) is 0 Å². The average Bonchev–Trinajstić information content (AvgIpc) is 2.68. The Morgan fingerprint density at radius 1 is 1.31 bits per heavy atom. The van der Waals surface area contributed by atoms with Crippen LogP contribution in [0.3, 0.4) is 0 Å². The second kappa shape index (κ2) is 7.05. The molecule has 1 fully saturated rings. The summed E-state index contributed by atoms with van der Waals surface area (Å²) in [6.45, 7) is 6.82. The van der Waals surface area contributed by atoms with E-state index in [2.05, 4.69) is 13.8 Å². The minimum absolute atomic E-state index is 0.129. The monoisotopic (exact) mass is 226 g/mol. The smallest absolute Gasteiger partial charge is 0.161 e. The highest BCUT2D eigenvalue weighted by Gasteiger charge is 2.25. The Kier molecular flexibility index (Phi) is 6.04. The van der Waals surface area contributed by atoms with Gasteiger partial charge in [-0.2, -0.15) is 0 Å². The Hall–Kier alpha value is -0.370. The van der Waals surface area contributed by atoms with Crippen LogP contribution in [-0.4, -0.2) is 18.5 Å². The first-order valence-corrected chi connectivity index (χ1v) is 6.77. The Balaban J connectivity index is 2.41. The van der Waals surface area contributed by atoms with E-state index in [0.29, 0.717) is 24.7 Å². The summed E-state index contributed by atoms with van der Waals surface area (Å²) in [5.41, 5.74) is 0. The van der Waals surface area contributed by atoms with E-state index in [1.165, 1.54) is 25.7 Å². The van der Waals surface area contributed by atoms with Gasteiger partial charge in [-0.05, 0) is 25.2 Å². The van der Waals surface area contributed by atoms with E-state index < -0.39 is 0 Å². The predicted octanol–water partition coefficient (Wildman–Crippen LogP) is 3.59. The van der Waals surface area contributed by atoms with Crippen molar-refractivity contribution in [2.75, 3.05) is 6.61 Å². The molecule has 16 heavy (non-hydrogen) atoms. The van der Waals surface area contributed by atoms with E-state index in [9.17, 15) is 4.79 Å². The van der Waals surface area contributed by atoms with Crippen molar-refractivity contribution in [2.45, 2.75) is 65.4 Å². The van der Waals surface area contributed by atoms with Crippen LogP contribution >= 0.6 is 0 Å². The number of carbonyl (C=O) groups excluding carboxylic acids is 1. The Labute approximate surface area is 99.8 Å². The average molecular weight is 226 g/mol. The van der Waals surface area contributed by atoms with E-state index in [1.54, 1.807) is 0 Å². The van der Waals surface area contributed by atoms with Crippen LogP contribution in [-0.2, 0) is 9.53 Å². The van der Waals surface area contributed by atoms with Gasteiger partial charge in [0.15, 0.2) is 5.78 Å². The molecule has 1 aliphatic rings. The molecule has 1 atom stereocenters.